The van der Waals surface area contributed by atoms with Gasteiger partial charge in [0.15, 0.2) is 0 Å². The number of nitrogens with one attached hydrogen (secondary N) is 1. The van der Waals surface area contributed by atoms with Crippen molar-refractivity contribution in [1.29, 1.82) is 0 Å². The Morgan fingerprint density at radius 2 is 1.88 bits per heavy atom. The molecule has 0 saturated carbocycles. The van der Waals surface area contributed by atoms with Gasteiger partial charge in [-0.1, -0.05) is 26.0 Å². The number of carbonyl (C=O) groups excluding carboxylic acids is 1. The summed E-state index contributed by atoms with van der Waals surface area (Å²) in [4.78, 5) is 16.5. The van der Waals surface area contributed by atoms with Crippen LogP contribution in [-0.2, 0) is 0 Å². The van der Waals surface area contributed by atoms with E-state index >= 15 is 0 Å². The summed E-state index contributed by atoms with van der Waals surface area (Å²) >= 11 is 0. The van der Waals surface area contributed by atoms with Gasteiger partial charge in [-0.25, -0.2) is 4.98 Å². The van der Waals surface area contributed by atoms with Crippen molar-refractivity contribution < 1.29 is 9.90 Å². The third-order valence-electron chi connectivity index (χ3n) is 4.10. The smallest absolute Gasteiger partial charge is 0.251 e. The number of hydrogen-bond donors (Lipinski definition) is 2. The normalized spacial score (nSPS) is 12.5. The SMILES string of the molecule is CC(C)C(O)CNC(=O)c1ccc(-n2cnc3ccccc32)cc1. The Bertz CT molecular complexity index is 837. The van der Waals surface area contributed by atoms with Crippen LogP contribution in [0, 0.1) is 5.92 Å². The minimum absolute atomic E-state index is 0.113. The summed E-state index contributed by atoms with van der Waals surface area (Å²) in [5.41, 5.74) is 3.47. The minimum atomic E-state index is -0.537. The third-order valence-corrected chi connectivity index (χ3v) is 4.10. The van der Waals surface area contributed by atoms with Crippen LogP contribution < -0.4 is 5.32 Å². The zero-order valence-corrected chi connectivity index (χ0v) is 13.8. The zero-order chi connectivity index (χ0) is 17.1. The Labute approximate surface area is 141 Å². The highest BCUT2D eigenvalue weighted by molar-refractivity contribution is 5.94. The number of para-hydroxylation sites is 2. The van der Waals surface area contributed by atoms with E-state index in [1.807, 2.05) is 54.8 Å². The molecule has 0 radical (unpaired) electrons. The zero-order valence-electron chi connectivity index (χ0n) is 13.8. The monoisotopic (exact) mass is 323 g/mol. The molecule has 2 N–H and O–H groups in total. The van der Waals surface area contributed by atoms with Crippen LogP contribution in [0.3, 0.4) is 0 Å². The van der Waals surface area contributed by atoms with Gasteiger partial charge >= 0.3 is 0 Å². The lowest BCUT2D eigenvalue weighted by atomic mass is 10.1. The molecule has 0 aliphatic rings. The molecule has 1 aromatic heterocycles. The van der Waals surface area contributed by atoms with Crippen LogP contribution in [0.15, 0.2) is 54.9 Å². The largest absolute Gasteiger partial charge is 0.391 e. The van der Waals surface area contributed by atoms with E-state index in [1.54, 1.807) is 18.5 Å². The van der Waals surface area contributed by atoms with Gasteiger partial charge in [0, 0.05) is 17.8 Å². The van der Waals surface area contributed by atoms with Gasteiger partial charge in [-0.05, 0) is 42.3 Å². The maximum atomic E-state index is 12.1. The fourth-order valence-electron chi connectivity index (χ4n) is 2.47. The minimum Gasteiger partial charge on any atom is -0.391 e. The summed E-state index contributed by atoms with van der Waals surface area (Å²) in [6.45, 7) is 4.09. The van der Waals surface area contributed by atoms with Crippen LogP contribution >= 0.6 is 0 Å². The number of aromatic nitrogens is 2. The Balaban J connectivity index is 1.75. The van der Waals surface area contributed by atoms with Crippen molar-refractivity contribution >= 4 is 16.9 Å². The predicted molar refractivity (Wildman–Crippen MR) is 94.2 cm³/mol. The van der Waals surface area contributed by atoms with E-state index in [1.165, 1.54) is 0 Å². The summed E-state index contributed by atoms with van der Waals surface area (Å²) in [5.74, 6) is -0.0704. The molecule has 0 fully saturated rings. The van der Waals surface area contributed by atoms with Crippen LogP contribution in [0.2, 0.25) is 0 Å². The molecule has 0 aliphatic carbocycles. The number of aliphatic hydroxyl groups is 1. The van der Waals surface area contributed by atoms with Crippen molar-refractivity contribution in [3.63, 3.8) is 0 Å². The number of amides is 1. The van der Waals surface area contributed by atoms with Gasteiger partial charge in [0.25, 0.3) is 5.91 Å². The number of fused-ring (bicyclic) bond motifs is 1. The second-order valence-electron chi connectivity index (χ2n) is 6.17. The fourth-order valence-corrected chi connectivity index (χ4v) is 2.47. The first kappa shape index (κ1) is 16.2. The molecule has 0 bridgehead atoms. The van der Waals surface area contributed by atoms with Crippen molar-refractivity contribution in [3.05, 3.63) is 60.4 Å². The summed E-state index contributed by atoms with van der Waals surface area (Å²) in [6, 6.07) is 15.2. The van der Waals surface area contributed by atoms with Crippen LogP contribution in [0.5, 0.6) is 0 Å². The molecule has 3 rings (SSSR count). The van der Waals surface area contributed by atoms with Crippen LogP contribution in [-0.4, -0.2) is 33.2 Å². The number of benzene rings is 2. The summed E-state index contributed by atoms with van der Waals surface area (Å²) in [5, 5.41) is 12.5. The van der Waals surface area contributed by atoms with Gasteiger partial charge in [-0.3, -0.25) is 9.36 Å². The Morgan fingerprint density at radius 1 is 1.17 bits per heavy atom. The lowest BCUT2D eigenvalue weighted by Crippen LogP contribution is -2.34. The van der Waals surface area contributed by atoms with Gasteiger partial charge in [0.05, 0.1) is 17.1 Å². The van der Waals surface area contributed by atoms with Crippen LogP contribution in [0.4, 0.5) is 0 Å². The van der Waals surface area contributed by atoms with Gasteiger partial charge in [-0.15, -0.1) is 0 Å². The van der Waals surface area contributed by atoms with Crippen molar-refractivity contribution in [1.82, 2.24) is 14.9 Å². The Hall–Kier alpha value is -2.66. The van der Waals surface area contributed by atoms with E-state index in [2.05, 4.69) is 10.3 Å². The number of rotatable bonds is 5. The van der Waals surface area contributed by atoms with Gasteiger partial charge < -0.3 is 10.4 Å². The first-order chi connectivity index (χ1) is 11.6. The second kappa shape index (κ2) is 6.84. The number of imidazole rings is 1. The molecule has 5 heteroatoms. The molecule has 1 unspecified atom stereocenters. The highest BCUT2D eigenvalue weighted by Crippen LogP contribution is 2.18. The fraction of sp³-hybridized carbons (Fsp3) is 0.263. The number of carbonyl (C=O) groups is 1. The highest BCUT2D eigenvalue weighted by atomic mass is 16.3. The standard InChI is InChI=1S/C19H21N3O2/c1-13(2)18(23)11-20-19(24)14-7-9-15(10-8-14)22-12-21-16-5-3-4-6-17(16)22/h3-10,12-13,18,23H,11H2,1-2H3,(H,20,24). The third kappa shape index (κ3) is 3.31. The van der Waals surface area contributed by atoms with E-state index < -0.39 is 6.10 Å². The number of nitrogens with zero attached hydrogens (tertiary/aromatic N) is 2. The van der Waals surface area contributed by atoms with Crippen LogP contribution in [0.25, 0.3) is 16.7 Å². The molecule has 3 aromatic rings. The van der Waals surface area contributed by atoms with Crippen LogP contribution in [0.1, 0.15) is 24.2 Å². The molecular formula is C19H21N3O2. The average Bonchev–Trinajstić information content (AvgIpc) is 3.03. The first-order valence-corrected chi connectivity index (χ1v) is 8.05. The summed E-state index contributed by atoms with van der Waals surface area (Å²) < 4.78 is 1.99. The molecule has 1 amide bonds. The molecular weight excluding hydrogens is 302 g/mol. The second-order valence-corrected chi connectivity index (χ2v) is 6.17. The summed E-state index contributed by atoms with van der Waals surface area (Å²) in [7, 11) is 0. The predicted octanol–water partition coefficient (Wildman–Crippen LogP) is 2.77. The van der Waals surface area contributed by atoms with Crippen molar-refractivity contribution in [2.24, 2.45) is 5.92 Å². The van der Waals surface area contributed by atoms with E-state index in [0.29, 0.717) is 5.56 Å². The van der Waals surface area contributed by atoms with Gasteiger partial charge in [-0.2, -0.15) is 0 Å². The van der Waals surface area contributed by atoms with Crippen molar-refractivity contribution in [2.45, 2.75) is 20.0 Å². The molecule has 2 aromatic carbocycles. The molecule has 0 aliphatic heterocycles. The molecule has 0 spiro atoms. The number of aliphatic hydroxyl groups excluding tert-OH is 1. The Morgan fingerprint density at radius 3 is 2.58 bits per heavy atom. The molecule has 1 atom stereocenters. The van der Waals surface area contributed by atoms with Crippen molar-refractivity contribution in [2.75, 3.05) is 6.54 Å². The van der Waals surface area contributed by atoms with E-state index in [9.17, 15) is 9.90 Å². The molecule has 0 saturated heterocycles. The first-order valence-electron chi connectivity index (χ1n) is 8.05. The van der Waals surface area contributed by atoms with Gasteiger partial charge in [0.2, 0.25) is 0 Å². The topological polar surface area (TPSA) is 67.2 Å². The maximum absolute atomic E-state index is 12.1. The van der Waals surface area contributed by atoms with Crippen molar-refractivity contribution in [3.8, 4) is 5.69 Å². The summed E-state index contributed by atoms with van der Waals surface area (Å²) in [6.07, 6.45) is 1.24. The lowest BCUT2D eigenvalue weighted by Gasteiger charge is -2.15. The molecule has 5 nitrogen and oxygen atoms in total. The van der Waals surface area contributed by atoms with Gasteiger partial charge in [0.1, 0.15) is 6.33 Å². The average molecular weight is 323 g/mol. The maximum Gasteiger partial charge on any atom is 0.251 e. The highest BCUT2D eigenvalue weighted by Gasteiger charge is 2.12. The molecule has 124 valence electrons. The number of hydrogen-bond acceptors (Lipinski definition) is 3. The molecule has 1 heterocycles. The van der Waals surface area contributed by atoms with E-state index in [4.69, 9.17) is 0 Å². The van der Waals surface area contributed by atoms with E-state index in [0.717, 1.165) is 16.7 Å². The quantitative estimate of drug-likeness (QED) is 0.759. The molecule has 24 heavy (non-hydrogen) atoms. The lowest BCUT2D eigenvalue weighted by molar-refractivity contribution is 0.0871. The van der Waals surface area contributed by atoms with E-state index in [-0.39, 0.29) is 18.4 Å². The Kier molecular flexibility index (Phi) is 4.62.